The van der Waals surface area contributed by atoms with E-state index in [9.17, 15) is 18.0 Å². The summed E-state index contributed by atoms with van der Waals surface area (Å²) in [5.41, 5.74) is 0. The molecule has 0 aromatic heterocycles. The zero-order valence-corrected chi connectivity index (χ0v) is 12.3. The number of aliphatic carboxylic acids is 1. The standard InChI is InChI=1S/C10H20N2O6S/c1-8(2)12(7-9(13)14)19(16,17)11(3)6-5-10(15)18-4/h8H,5-7H2,1-4H3,(H,13,14). The molecular weight excluding hydrogens is 276 g/mol. The summed E-state index contributed by atoms with van der Waals surface area (Å²) >= 11 is 0. The number of carboxylic acid groups (broad SMARTS) is 1. The number of methoxy groups -OCH3 is 1. The highest BCUT2D eigenvalue weighted by atomic mass is 32.2. The molecular formula is C10H20N2O6S. The van der Waals surface area contributed by atoms with Gasteiger partial charge in [-0.25, -0.2) is 0 Å². The lowest BCUT2D eigenvalue weighted by atomic mass is 10.4. The Hall–Kier alpha value is -1.19. The van der Waals surface area contributed by atoms with E-state index in [1.807, 2.05) is 0 Å². The minimum Gasteiger partial charge on any atom is -0.480 e. The molecule has 1 N–H and O–H groups in total. The predicted molar refractivity (Wildman–Crippen MR) is 67.7 cm³/mol. The van der Waals surface area contributed by atoms with Crippen LogP contribution in [0.25, 0.3) is 0 Å². The topological polar surface area (TPSA) is 104 Å². The average Bonchev–Trinajstić information content (AvgIpc) is 2.31. The first-order valence-corrected chi connectivity index (χ1v) is 7.04. The maximum Gasteiger partial charge on any atom is 0.318 e. The van der Waals surface area contributed by atoms with E-state index in [-0.39, 0.29) is 13.0 Å². The Bertz CT molecular complexity index is 420. The van der Waals surface area contributed by atoms with Gasteiger partial charge in [0.1, 0.15) is 6.54 Å². The van der Waals surface area contributed by atoms with Gasteiger partial charge in [-0.15, -0.1) is 0 Å². The van der Waals surface area contributed by atoms with E-state index in [0.29, 0.717) is 0 Å². The summed E-state index contributed by atoms with van der Waals surface area (Å²) in [6.45, 7) is 2.46. The van der Waals surface area contributed by atoms with E-state index < -0.39 is 34.7 Å². The Labute approximate surface area is 113 Å². The minimum absolute atomic E-state index is 0.0716. The summed E-state index contributed by atoms with van der Waals surface area (Å²) in [5, 5.41) is 8.74. The van der Waals surface area contributed by atoms with E-state index in [2.05, 4.69) is 4.74 Å². The molecule has 0 saturated carbocycles. The molecule has 0 bridgehead atoms. The van der Waals surface area contributed by atoms with Gasteiger partial charge in [-0.3, -0.25) is 9.59 Å². The lowest BCUT2D eigenvalue weighted by Gasteiger charge is -2.28. The van der Waals surface area contributed by atoms with Crippen molar-refractivity contribution < 1.29 is 27.9 Å². The monoisotopic (exact) mass is 296 g/mol. The van der Waals surface area contributed by atoms with E-state index in [4.69, 9.17) is 5.11 Å². The molecule has 0 unspecified atom stereocenters. The molecule has 0 aromatic carbocycles. The molecule has 0 rings (SSSR count). The highest BCUT2D eigenvalue weighted by molar-refractivity contribution is 7.86. The van der Waals surface area contributed by atoms with Crippen LogP contribution in [0.15, 0.2) is 0 Å². The molecule has 0 aliphatic heterocycles. The first-order valence-electron chi connectivity index (χ1n) is 5.64. The smallest absolute Gasteiger partial charge is 0.318 e. The number of esters is 1. The Morgan fingerprint density at radius 2 is 1.84 bits per heavy atom. The molecule has 0 atom stereocenters. The Kier molecular flexibility index (Phi) is 6.95. The van der Waals surface area contributed by atoms with E-state index in [1.54, 1.807) is 13.8 Å². The number of hydrogen-bond donors (Lipinski definition) is 1. The summed E-state index contributed by atoms with van der Waals surface area (Å²) in [6.07, 6.45) is -0.0920. The highest BCUT2D eigenvalue weighted by Crippen LogP contribution is 2.11. The first-order chi connectivity index (χ1) is 8.62. The second-order valence-electron chi connectivity index (χ2n) is 4.19. The van der Waals surface area contributed by atoms with Crippen molar-refractivity contribution in [1.29, 1.82) is 0 Å². The normalized spacial score (nSPS) is 12.2. The lowest BCUT2D eigenvalue weighted by molar-refractivity contribution is -0.141. The molecule has 0 aliphatic carbocycles. The molecule has 0 spiro atoms. The van der Waals surface area contributed by atoms with Crippen molar-refractivity contribution in [2.45, 2.75) is 26.3 Å². The van der Waals surface area contributed by atoms with Crippen molar-refractivity contribution in [3.05, 3.63) is 0 Å². The summed E-state index contributed by atoms with van der Waals surface area (Å²) in [5.74, 6) is -1.77. The van der Waals surface area contributed by atoms with Gasteiger partial charge in [0.15, 0.2) is 0 Å². The molecule has 112 valence electrons. The van der Waals surface area contributed by atoms with Gasteiger partial charge in [-0.2, -0.15) is 17.0 Å². The number of rotatable bonds is 8. The molecule has 0 aromatic rings. The van der Waals surface area contributed by atoms with Crippen LogP contribution in [0, 0.1) is 0 Å². The van der Waals surface area contributed by atoms with Crippen molar-refractivity contribution in [3.63, 3.8) is 0 Å². The van der Waals surface area contributed by atoms with Gasteiger partial charge in [0.2, 0.25) is 0 Å². The van der Waals surface area contributed by atoms with Gasteiger partial charge in [-0.05, 0) is 13.8 Å². The number of hydrogen-bond acceptors (Lipinski definition) is 5. The van der Waals surface area contributed by atoms with Crippen LogP contribution in [-0.2, 0) is 24.5 Å². The zero-order chi connectivity index (χ0) is 15.2. The van der Waals surface area contributed by atoms with Gasteiger partial charge in [0, 0.05) is 19.6 Å². The zero-order valence-electron chi connectivity index (χ0n) is 11.5. The van der Waals surface area contributed by atoms with Gasteiger partial charge in [0.05, 0.1) is 13.5 Å². The van der Waals surface area contributed by atoms with Crippen LogP contribution in [0.2, 0.25) is 0 Å². The fraction of sp³-hybridized carbons (Fsp3) is 0.800. The summed E-state index contributed by atoms with van der Waals surface area (Å²) < 4.78 is 30.5. The maximum absolute atomic E-state index is 12.1. The van der Waals surface area contributed by atoms with Crippen molar-refractivity contribution in [2.75, 3.05) is 27.2 Å². The Balaban J connectivity index is 4.89. The molecule has 19 heavy (non-hydrogen) atoms. The van der Waals surface area contributed by atoms with Gasteiger partial charge in [0.25, 0.3) is 10.2 Å². The van der Waals surface area contributed by atoms with Crippen molar-refractivity contribution >= 4 is 22.1 Å². The number of nitrogens with zero attached hydrogens (tertiary/aromatic N) is 2. The lowest BCUT2D eigenvalue weighted by Crippen LogP contribution is -2.48. The first kappa shape index (κ1) is 17.8. The van der Waals surface area contributed by atoms with Crippen molar-refractivity contribution in [2.24, 2.45) is 0 Å². The maximum atomic E-state index is 12.1. The molecule has 0 saturated heterocycles. The SMILES string of the molecule is COC(=O)CCN(C)S(=O)(=O)N(CC(=O)O)C(C)C. The van der Waals surface area contributed by atoms with E-state index >= 15 is 0 Å². The average molecular weight is 296 g/mol. The van der Waals surface area contributed by atoms with Crippen LogP contribution < -0.4 is 0 Å². The number of carboxylic acids is 1. The van der Waals surface area contributed by atoms with Crippen LogP contribution in [0.5, 0.6) is 0 Å². The predicted octanol–water partition coefficient (Wildman–Crippen LogP) is -0.479. The van der Waals surface area contributed by atoms with E-state index in [0.717, 1.165) is 8.61 Å². The second-order valence-corrected chi connectivity index (χ2v) is 6.18. The molecule has 9 heteroatoms. The third kappa shape index (κ3) is 5.53. The molecule has 0 fully saturated rings. The van der Waals surface area contributed by atoms with Gasteiger partial charge in [-0.1, -0.05) is 0 Å². The molecule has 0 heterocycles. The van der Waals surface area contributed by atoms with Crippen LogP contribution in [0.1, 0.15) is 20.3 Å². The summed E-state index contributed by atoms with van der Waals surface area (Å²) in [6, 6.07) is -0.498. The Morgan fingerprint density at radius 1 is 1.32 bits per heavy atom. The van der Waals surface area contributed by atoms with Crippen LogP contribution >= 0.6 is 0 Å². The minimum atomic E-state index is -3.92. The largest absolute Gasteiger partial charge is 0.480 e. The van der Waals surface area contributed by atoms with E-state index in [1.165, 1.54) is 14.2 Å². The highest BCUT2D eigenvalue weighted by Gasteiger charge is 2.31. The number of carbonyl (C=O) groups is 2. The van der Waals surface area contributed by atoms with Crippen LogP contribution in [-0.4, -0.2) is 67.4 Å². The van der Waals surface area contributed by atoms with Crippen molar-refractivity contribution in [1.82, 2.24) is 8.61 Å². The van der Waals surface area contributed by atoms with Gasteiger partial charge < -0.3 is 9.84 Å². The summed E-state index contributed by atoms with van der Waals surface area (Å²) in [7, 11) is -1.42. The number of carbonyl (C=O) groups excluding carboxylic acids is 1. The second kappa shape index (κ2) is 7.41. The van der Waals surface area contributed by atoms with Crippen LogP contribution in [0.3, 0.4) is 0 Å². The summed E-state index contributed by atoms with van der Waals surface area (Å²) in [4.78, 5) is 21.7. The van der Waals surface area contributed by atoms with Gasteiger partial charge >= 0.3 is 11.9 Å². The fourth-order valence-corrected chi connectivity index (χ4v) is 2.80. The van der Waals surface area contributed by atoms with Crippen LogP contribution in [0.4, 0.5) is 0 Å². The molecule has 0 amide bonds. The third-order valence-corrected chi connectivity index (χ3v) is 4.53. The third-order valence-electron chi connectivity index (χ3n) is 2.42. The Morgan fingerprint density at radius 3 is 2.21 bits per heavy atom. The van der Waals surface area contributed by atoms with Crippen molar-refractivity contribution in [3.8, 4) is 0 Å². The molecule has 0 radical (unpaired) electrons. The fourth-order valence-electron chi connectivity index (χ4n) is 1.31. The molecule has 8 nitrogen and oxygen atoms in total. The number of ether oxygens (including phenoxy) is 1. The molecule has 0 aliphatic rings. The quantitative estimate of drug-likeness (QED) is 0.607.